The largest absolute Gasteiger partial charge is 0.490 e. The number of carbonyl (C=O) groups is 1. The summed E-state index contributed by atoms with van der Waals surface area (Å²) < 4.78 is 13.2. The molecule has 5 aliphatic rings. The van der Waals surface area contributed by atoms with Crippen molar-refractivity contribution in [3.8, 4) is 11.5 Å². The smallest absolute Gasteiger partial charge is 0.246 e. The fourth-order valence-corrected chi connectivity index (χ4v) is 8.85. The molecule has 2 aliphatic heterocycles. The van der Waals surface area contributed by atoms with Crippen LogP contribution in [-0.2, 0) is 16.6 Å². The van der Waals surface area contributed by atoms with Gasteiger partial charge in [0.05, 0.1) is 23.7 Å². The minimum Gasteiger partial charge on any atom is -0.490 e. The molecule has 1 saturated heterocycles. The lowest BCUT2D eigenvalue weighted by molar-refractivity contribution is -0.201. The Hall–Kier alpha value is -2.83. The van der Waals surface area contributed by atoms with E-state index in [9.17, 15) is 9.90 Å². The first-order valence-electron chi connectivity index (χ1n) is 16.2. The van der Waals surface area contributed by atoms with Crippen molar-refractivity contribution in [1.82, 2.24) is 9.80 Å². The number of carbonyl (C=O) groups excluding carboxylic acids is 1. The highest BCUT2D eigenvalue weighted by Gasteiger charge is 2.73. The second kappa shape index (κ2) is 10.4. The Kier molecular flexibility index (Phi) is 6.93. The number of nitrogens with zero attached hydrogens (tertiary/aromatic N) is 2. The molecule has 3 fully saturated rings. The Morgan fingerprint density at radius 3 is 2.79 bits per heavy atom. The molecule has 0 radical (unpaired) electrons. The molecule has 2 bridgehead atoms. The predicted molar refractivity (Wildman–Crippen MR) is 165 cm³/mol. The number of aryl methyl sites for hydroxylation is 1. The summed E-state index contributed by atoms with van der Waals surface area (Å²) in [6.45, 7) is 11.7. The Bertz CT molecular complexity index is 1400. The van der Waals surface area contributed by atoms with E-state index in [1.54, 1.807) is 6.08 Å². The Labute approximate surface area is 250 Å². The number of likely N-dealkylation sites (tertiary alicyclic amines) is 1. The van der Waals surface area contributed by atoms with Gasteiger partial charge in [0.2, 0.25) is 5.91 Å². The minimum absolute atomic E-state index is 0.0142. The number of rotatable bonds is 9. The van der Waals surface area contributed by atoms with E-state index in [-0.39, 0.29) is 24.1 Å². The molecular weight excluding hydrogens is 524 g/mol. The van der Waals surface area contributed by atoms with Gasteiger partial charge < -0.3 is 19.5 Å². The summed E-state index contributed by atoms with van der Waals surface area (Å²) in [6.07, 6.45) is 9.04. The summed E-state index contributed by atoms with van der Waals surface area (Å²) in [5.74, 6) is 2.66. The lowest BCUT2D eigenvalue weighted by Crippen LogP contribution is -2.78. The molecule has 1 spiro atoms. The molecule has 0 aromatic heterocycles. The quantitative estimate of drug-likeness (QED) is 0.402. The third-order valence-corrected chi connectivity index (χ3v) is 10.7. The normalized spacial score (nSPS) is 31.2. The van der Waals surface area contributed by atoms with Gasteiger partial charge in [-0.3, -0.25) is 9.69 Å². The fourth-order valence-electron chi connectivity index (χ4n) is 8.85. The van der Waals surface area contributed by atoms with Gasteiger partial charge in [-0.2, -0.15) is 0 Å². The van der Waals surface area contributed by atoms with Gasteiger partial charge in [0, 0.05) is 30.8 Å². The van der Waals surface area contributed by atoms with Gasteiger partial charge in [0.25, 0.3) is 0 Å². The van der Waals surface area contributed by atoms with Crippen LogP contribution in [0.2, 0.25) is 0 Å². The van der Waals surface area contributed by atoms with Crippen LogP contribution in [0.5, 0.6) is 11.5 Å². The molecule has 224 valence electrons. The molecule has 0 unspecified atom stereocenters. The van der Waals surface area contributed by atoms with Gasteiger partial charge >= 0.3 is 0 Å². The first-order chi connectivity index (χ1) is 20.2. The molecule has 6 heteroatoms. The lowest BCUT2D eigenvalue weighted by Gasteiger charge is -2.65. The molecule has 2 heterocycles. The van der Waals surface area contributed by atoms with E-state index < -0.39 is 11.0 Å². The van der Waals surface area contributed by atoms with Crippen LogP contribution in [-0.4, -0.2) is 70.8 Å². The molecule has 7 rings (SSSR count). The summed E-state index contributed by atoms with van der Waals surface area (Å²) in [7, 11) is 0. The second-order valence-electron chi connectivity index (χ2n) is 13.9. The van der Waals surface area contributed by atoms with Crippen molar-refractivity contribution in [2.24, 2.45) is 11.8 Å². The van der Waals surface area contributed by atoms with Crippen molar-refractivity contribution in [3.05, 3.63) is 64.7 Å². The highest BCUT2D eigenvalue weighted by Crippen LogP contribution is 2.66. The standard InChI is InChI=1S/C36H46N2O4/c1-5-41-29-13-12-27-20-30-36(40)16-15-28(38(21-23(2)3)31(39)14-11-25-8-6-7-24(4)19-25)34-35(36,32(27)33(29)42-34)17-18-37(30)22-26-9-10-26/h6-8,11-14,19,23,26,28,30,34,40H,5,9-10,15-18,20-22H2,1-4H3/t28-,30+,34-,35-,36+/m0/s1. The van der Waals surface area contributed by atoms with E-state index in [0.717, 1.165) is 55.3 Å². The van der Waals surface area contributed by atoms with Gasteiger partial charge in [0.1, 0.15) is 6.10 Å². The Balaban J connectivity index is 1.30. The first-order valence-corrected chi connectivity index (χ1v) is 16.2. The maximum Gasteiger partial charge on any atom is 0.246 e. The number of aliphatic hydroxyl groups is 1. The maximum atomic E-state index is 14.0. The number of benzene rings is 2. The molecule has 2 aromatic rings. The molecule has 42 heavy (non-hydrogen) atoms. The molecular formula is C36H46N2O4. The van der Waals surface area contributed by atoms with E-state index in [4.69, 9.17) is 9.47 Å². The zero-order chi connectivity index (χ0) is 29.2. The highest BCUT2D eigenvalue weighted by atomic mass is 16.5. The topological polar surface area (TPSA) is 62.2 Å². The summed E-state index contributed by atoms with van der Waals surface area (Å²) in [5, 5.41) is 13.0. The monoisotopic (exact) mass is 570 g/mol. The summed E-state index contributed by atoms with van der Waals surface area (Å²) in [6, 6.07) is 12.5. The van der Waals surface area contributed by atoms with Crippen LogP contribution >= 0.6 is 0 Å². The van der Waals surface area contributed by atoms with Crippen LogP contribution in [0.25, 0.3) is 6.08 Å². The van der Waals surface area contributed by atoms with Gasteiger partial charge in [-0.25, -0.2) is 0 Å². The van der Waals surface area contributed by atoms with Crippen molar-refractivity contribution >= 4 is 12.0 Å². The number of hydrogen-bond donors (Lipinski definition) is 1. The van der Waals surface area contributed by atoms with Gasteiger partial charge in [-0.15, -0.1) is 0 Å². The molecule has 2 saturated carbocycles. The Morgan fingerprint density at radius 1 is 1.21 bits per heavy atom. The summed E-state index contributed by atoms with van der Waals surface area (Å²) >= 11 is 0. The highest BCUT2D eigenvalue weighted by molar-refractivity contribution is 5.92. The minimum atomic E-state index is -0.894. The van der Waals surface area contributed by atoms with Gasteiger partial charge in [-0.1, -0.05) is 49.7 Å². The van der Waals surface area contributed by atoms with Crippen LogP contribution in [0.1, 0.15) is 75.1 Å². The lowest BCUT2D eigenvalue weighted by atomic mass is 9.48. The molecule has 5 atom stereocenters. The van der Waals surface area contributed by atoms with Gasteiger partial charge in [0.15, 0.2) is 11.5 Å². The number of amides is 1. The predicted octanol–water partition coefficient (Wildman–Crippen LogP) is 5.52. The van der Waals surface area contributed by atoms with Crippen molar-refractivity contribution in [1.29, 1.82) is 0 Å². The van der Waals surface area contributed by atoms with Crippen LogP contribution < -0.4 is 9.47 Å². The van der Waals surface area contributed by atoms with Gasteiger partial charge in [-0.05, 0) is 94.0 Å². The molecule has 3 aliphatic carbocycles. The van der Waals surface area contributed by atoms with Crippen LogP contribution in [0.15, 0.2) is 42.5 Å². The third kappa shape index (κ3) is 4.31. The molecule has 2 aromatic carbocycles. The van der Waals surface area contributed by atoms with Crippen LogP contribution in [0.3, 0.4) is 0 Å². The summed E-state index contributed by atoms with van der Waals surface area (Å²) in [5.41, 5.74) is 3.21. The molecule has 1 amide bonds. The third-order valence-electron chi connectivity index (χ3n) is 10.7. The van der Waals surface area contributed by atoms with Crippen molar-refractivity contribution in [2.45, 2.75) is 95.4 Å². The van der Waals surface area contributed by atoms with E-state index in [0.29, 0.717) is 25.5 Å². The number of ether oxygens (including phenoxy) is 2. The van der Waals surface area contributed by atoms with E-state index in [1.165, 1.54) is 29.5 Å². The van der Waals surface area contributed by atoms with Crippen molar-refractivity contribution in [2.75, 3.05) is 26.2 Å². The Morgan fingerprint density at radius 2 is 2.05 bits per heavy atom. The zero-order valence-electron chi connectivity index (χ0n) is 25.6. The second-order valence-corrected chi connectivity index (χ2v) is 13.9. The van der Waals surface area contributed by atoms with Crippen LogP contribution in [0, 0.1) is 18.8 Å². The zero-order valence-corrected chi connectivity index (χ0v) is 25.6. The fraction of sp³-hybridized carbons (Fsp3) is 0.583. The molecule has 6 nitrogen and oxygen atoms in total. The number of hydrogen-bond acceptors (Lipinski definition) is 5. The average Bonchev–Trinajstić information content (AvgIpc) is 3.70. The van der Waals surface area contributed by atoms with E-state index >= 15 is 0 Å². The number of piperidine rings is 1. The summed E-state index contributed by atoms with van der Waals surface area (Å²) in [4.78, 5) is 18.7. The maximum absolute atomic E-state index is 14.0. The van der Waals surface area contributed by atoms with Crippen LogP contribution in [0.4, 0.5) is 0 Å². The van der Waals surface area contributed by atoms with Crippen molar-refractivity contribution in [3.63, 3.8) is 0 Å². The first kappa shape index (κ1) is 28.0. The average molecular weight is 571 g/mol. The SMILES string of the molecule is CCOc1ccc2c3c1O[C@H]1[C@@H](N(CC(C)C)C(=O)C=Cc4cccc(C)c4)CC[C@@]4(O)[C@@H](C2)N(CC2CC2)CC[C@]314. The van der Waals surface area contributed by atoms with Crippen molar-refractivity contribution < 1.29 is 19.4 Å². The van der Waals surface area contributed by atoms with E-state index in [2.05, 4.69) is 54.8 Å². The van der Waals surface area contributed by atoms with E-state index in [1.807, 2.05) is 25.1 Å². The molecule has 1 N–H and O–H groups in total.